The molecule has 204 valence electrons. The van der Waals surface area contributed by atoms with Crippen molar-refractivity contribution in [2.45, 2.75) is 39.3 Å². The Bertz CT molecular complexity index is 1720. The number of ether oxygens (including phenoxy) is 1. The van der Waals surface area contributed by atoms with Gasteiger partial charge in [-0.15, -0.1) is 11.3 Å². The Morgan fingerprint density at radius 3 is 2.42 bits per heavy atom. The fourth-order valence-corrected chi connectivity index (χ4v) is 6.49. The summed E-state index contributed by atoms with van der Waals surface area (Å²) in [6.07, 6.45) is 0.903. The van der Waals surface area contributed by atoms with Crippen LogP contribution < -0.4 is 15.6 Å². The maximum Gasteiger partial charge on any atom is 0.276 e. The van der Waals surface area contributed by atoms with Crippen molar-refractivity contribution in [2.24, 2.45) is 0 Å². The summed E-state index contributed by atoms with van der Waals surface area (Å²) in [5.41, 5.74) is 6.20. The highest BCUT2D eigenvalue weighted by atomic mass is 32.2. The van der Waals surface area contributed by atoms with Crippen molar-refractivity contribution in [3.05, 3.63) is 99.8 Å². The Morgan fingerprint density at radius 1 is 1.00 bits per heavy atom. The van der Waals surface area contributed by atoms with Gasteiger partial charge in [0.2, 0.25) is 5.91 Å². The SMILES string of the molecule is CCOc1ccccc1-c1cc2nc(SCC(=O)Nc3cc(C)cc(C)c3)n(-c3ccc(CC)cc3)c(=O)c2s1. The van der Waals surface area contributed by atoms with Crippen molar-refractivity contribution in [1.29, 1.82) is 0 Å². The number of benzene rings is 3. The van der Waals surface area contributed by atoms with Gasteiger partial charge in [0.25, 0.3) is 5.56 Å². The van der Waals surface area contributed by atoms with Gasteiger partial charge in [-0.25, -0.2) is 4.98 Å². The maximum absolute atomic E-state index is 14.0. The van der Waals surface area contributed by atoms with Gasteiger partial charge in [-0.1, -0.05) is 49.0 Å². The molecule has 0 unspecified atom stereocenters. The third-order valence-electron chi connectivity index (χ3n) is 6.41. The van der Waals surface area contributed by atoms with Crippen molar-refractivity contribution in [2.75, 3.05) is 17.7 Å². The first-order valence-electron chi connectivity index (χ1n) is 13.2. The Labute approximate surface area is 242 Å². The maximum atomic E-state index is 14.0. The molecule has 2 heterocycles. The number of hydrogen-bond acceptors (Lipinski definition) is 6. The first-order chi connectivity index (χ1) is 19.4. The fraction of sp³-hybridized carbons (Fsp3) is 0.219. The number of carbonyl (C=O) groups excluding carboxylic acids is 1. The highest BCUT2D eigenvalue weighted by Gasteiger charge is 2.19. The van der Waals surface area contributed by atoms with E-state index in [0.29, 0.717) is 22.0 Å². The topological polar surface area (TPSA) is 73.2 Å². The smallest absolute Gasteiger partial charge is 0.276 e. The van der Waals surface area contributed by atoms with E-state index < -0.39 is 0 Å². The second-order valence-corrected chi connectivity index (χ2v) is 11.5. The molecule has 0 aliphatic carbocycles. The molecule has 40 heavy (non-hydrogen) atoms. The molecule has 0 bridgehead atoms. The molecule has 1 N–H and O–H groups in total. The van der Waals surface area contributed by atoms with Crippen molar-refractivity contribution in [3.8, 4) is 21.9 Å². The molecule has 0 saturated heterocycles. The van der Waals surface area contributed by atoms with Crippen LogP contribution in [0, 0.1) is 13.8 Å². The number of aromatic nitrogens is 2. The lowest BCUT2D eigenvalue weighted by Crippen LogP contribution is -2.22. The van der Waals surface area contributed by atoms with Crippen LogP contribution in [0.15, 0.2) is 82.7 Å². The number of thioether (sulfide) groups is 1. The monoisotopic (exact) mass is 569 g/mol. The van der Waals surface area contributed by atoms with Crippen LogP contribution in [0.5, 0.6) is 5.75 Å². The fourth-order valence-electron chi connectivity index (χ4n) is 4.62. The van der Waals surface area contributed by atoms with E-state index in [2.05, 4.69) is 18.3 Å². The predicted molar refractivity (Wildman–Crippen MR) is 166 cm³/mol. The zero-order valence-electron chi connectivity index (χ0n) is 23.0. The molecule has 2 aromatic heterocycles. The number of amides is 1. The number of carbonyl (C=O) groups is 1. The van der Waals surface area contributed by atoms with Crippen LogP contribution >= 0.6 is 23.1 Å². The largest absolute Gasteiger partial charge is 0.493 e. The van der Waals surface area contributed by atoms with Crippen molar-refractivity contribution in [3.63, 3.8) is 0 Å². The Balaban J connectivity index is 1.54. The predicted octanol–water partition coefficient (Wildman–Crippen LogP) is 7.42. The first-order valence-corrected chi connectivity index (χ1v) is 15.1. The standard InChI is InChI=1S/C32H31N3O3S2/c1-5-22-11-13-24(14-12-22)35-31(37)30-26(18-28(40-30)25-9-7-8-10-27(25)38-6-2)34-32(35)39-19-29(36)33-23-16-20(3)15-21(4)17-23/h7-18H,5-6,19H2,1-4H3,(H,33,36). The number of anilines is 1. The molecule has 3 aromatic carbocycles. The molecule has 5 rings (SSSR count). The van der Waals surface area contributed by atoms with Gasteiger partial charge in [0.15, 0.2) is 5.16 Å². The summed E-state index contributed by atoms with van der Waals surface area (Å²) in [6, 6.07) is 23.6. The van der Waals surface area contributed by atoms with Crippen LogP contribution in [0.1, 0.15) is 30.5 Å². The molecule has 1 amide bonds. The summed E-state index contributed by atoms with van der Waals surface area (Å²) in [6.45, 7) is 8.59. The van der Waals surface area contributed by atoms with Gasteiger partial charge >= 0.3 is 0 Å². The lowest BCUT2D eigenvalue weighted by molar-refractivity contribution is -0.113. The molecule has 0 saturated carbocycles. The highest BCUT2D eigenvalue weighted by Crippen LogP contribution is 2.37. The van der Waals surface area contributed by atoms with E-state index in [4.69, 9.17) is 9.72 Å². The van der Waals surface area contributed by atoms with E-state index >= 15 is 0 Å². The van der Waals surface area contributed by atoms with Gasteiger partial charge in [0.05, 0.1) is 23.6 Å². The number of aryl methyl sites for hydroxylation is 3. The van der Waals surface area contributed by atoms with Crippen molar-refractivity contribution >= 4 is 44.9 Å². The average molecular weight is 570 g/mol. The minimum absolute atomic E-state index is 0.113. The molecule has 0 aliphatic rings. The molecule has 0 atom stereocenters. The van der Waals surface area contributed by atoms with E-state index in [1.807, 2.05) is 87.5 Å². The van der Waals surface area contributed by atoms with Crippen LogP contribution in [-0.4, -0.2) is 27.8 Å². The summed E-state index contributed by atoms with van der Waals surface area (Å²) in [7, 11) is 0. The normalized spacial score (nSPS) is 11.1. The molecule has 5 aromatic rings. The van der Waals surface area contributed by atoms with E-state index in [0.717, 1.165) is 45.1 Å². The van der Waals surface area contributed by atoms with Crippen LogP contribution in [0.2, 0.25) is 0 Å². The number of thiophene rings is 1. The second-order valence-electron chi connectivity index (χ2n) is 9.52. The van der Waals surface area contributed by atoms with Crippen molar-refractivity contribution < 1.29 is 9.53 Å². The summed E-state index contributed by atoms with van der Waals surface area (Å²) in [4.78, 5) is 32.7. The molecule has 0 fully saturated rings. The van der Waals surface area contributed by atoms with Gasteiger partial charge in [-0.3, -0.25) is 14.2 Å². The number of nitrogens with zero attached hydrogens (tertiary/aromatic N) is 2. The Morgan fingerprint density at radius 2 is 1.73 bits per heavy atom. The number of fused-ring (bicyclic) bond motifs is 1. The molecular formula is C32H31N3O3S2. The lowest BCUT2D eigenvalue weighted by atomic mass is 10.1. The zero-order valence-corrected chi connectivity index (χ0v) is 24.6. The molecular weight excluding hydrogens is 539 g/mol. The molecule has 0 spiro atoms. The van der Waals surface area contributed by atoms with Crippen LogP contribution in [0.4, 0.5) is 5.69 Å². The Hall–Kier alpha value is -3.88. The molecule has 6 nitrogen and oxygen atoms in total. The summed E-state index contributed by atoms with van der Waals surface area (Å²) in [5, 5.41) is 3.45. The summed E-state index contributed by atoms with van der Waals surface area (Å²) in [5.74, 6) is 0.723. The van der Waals surface area contributed by atoms with Crippen LogP contribution in [0.3, 0.4) is 0 Å². The molecule has 0 radical (unpaired) electrons. The lowest BCUT2D eigenvalue weighted by Gasteiger charge is -2.13. The first kappa shape index (κ1) is 27.7. The highest BCUT2D eigenvalue weighted by molar-refractivity contribution is 7.99. The minimum atomic E-state index is -0.158. The van der Waals surface area contributed by atoms with Gasteiger partial charge in [-0.05, 0) is 86.3 Å². The number of hydrogen-bond donors (Lipinski definition) is 1. The van der Waals surface area contributed by atoms with Crippen LogP contribution in [-0.2, 0) is 11.2 Å². The second kappa shape index (κ2) is 12.1. The average Bonchev–Trinajstić information content (AvgIpc) is 3.36. The third-order valence-corrected chi connectivity index (χ3v) is 8.49. The Kier molecular flexibility index (Phi) is 8.38. The van der Waals surface area contributed by atoms with Gasteiger partial charge < -0.3 is 10.1 Å². The number of para-hydroxylation sites is 1. The third kappa shape index (κ3) is 5.98. The van der Waals surface area contributed by atoms with E-state index in [9.17, 15) is 9.59 Å². The van der Waals surface area contributed by atoms with Gasteiger partial charge in [0.1, 0.15) is 10.4 Å². The molecule has 8 heteroatoms. The zero-order chi connectivity index (χ0) is 28.2. The number of rotatable bonds is 9. The van der Waals surface area contributed by atoms with Gasteiger partial charge in [0, 0.05) is 16.1 Å². The molecule has 0 aliphatic heterocycles. The van der Waals surface area contributed by atoms with Crippen molar-refractivity contribution in [1.82, 2.24) is 9.55 Å². The quantitative estimate of drug-likeness (QED) is 0.148. The van der Waals surface area contributed by atoms with Gasteiger partial charge in [-0.2, -0.15) is 0 Å². The summed E-state index contributed by atoms with van der Waals surface area (Å²) < 4.78 is 8.02. The van der Waals surface area contributed by atoms with Crippen LogP contribution in [0.25, 0.3) is 26.3 Å². The van der Waals surface area contributed by atoms with E-state index in [1.165, 1.54) is 28.7 Å². The van der Waals surface area contributed by atoms with E-state index in [-0.39, 0.29) is 17.2 Å². The van der Waals surface area contributed by atoms with E-state index in [1.54, 1.807) is 4.57 Å². The summed E-state index contributed by atoms with van der Waals surface area (Å²) >= 11 is 2.66. The minimum Gasteiger partial charge on any atom is -0.493 e. The number of nitrogens with one attached hydrogen (secondary N) is 1.